The van der Waals surface area contributed by atoms with Crippen molar-refractivity contribution in [2.75, 3.05) is 0 Å². The molecule has 0 bridgehead atoms. The molecule has 0 fully saturated rings. The number of carbonyl (C=O) groups is 2. The molecule has 0 spiro atoms. The van der Waals surface area contributed by atoms with E-state index < -0.39 is 11.9 Å². The van der Waals surface area contributed by atoms with Gasteiger partial charge in [0, 0.05) is 11.5 Å². The van der Waals surface area contributed by atoms with Gasteiger partial charge in [-0.05, 0) is 11.1 Å². The first-order chi connectivity index (χ1) is 12.6. The largest absolute Gasteiger partial charge is 0.383 e. The first kappa shape index (κ1) is 18.3. The fourth-order valence-corrected chi connectivity index (χ4v) is 4.65. The molecular weight excluding hydrogens is 366 g/mol. The Kier molecular flexibility index (Phi) is 6.14. The van der Waals surface area contributed by atoms with Crippen LogP contribution in [0.3, 0.4) is 0 Å². The summed E-state index contributed by atoms with van der Waals surface area (Å²) in [5.74, 6) is 0.847. The standard InChI is InChI=1S/C19H17N3O2S2/c20-16-15(17(23)22-19(24)21-16)18(25-11-13-7-3-1-4-8-13)26-12-14-9-5-2-6-10-14/h1-10H,11-12H2,(H3,20,21,22,23,24). The lowest BCUT2D eigenvalue weighted by molar-refractivity contribution is -0.116. The third-order valence-corrected chi connectivity index (χ3v) is 6.15. The molecular formula is C19H17N3O2S2. The minimum absolute atomic E-state index is 0.0325. The number of carbonyl (C=O) groups excluding carboxylic acids is 2. The molecule has 3 rings (SSSR count). The Labute approximate surface area is 160 Å². The smallest absolute Gasteiger partial charge is 0.349 e. The Bertz CT molecular complexity index is 819. The summed E-state index contributed by atoms with van der Waals surface area (Å²) in [5, 5.41) is 2.21. The summed E-state index contributed by atoms with van der Waals surface area (Å²) in [6.45, 7) is 0. The van der Waals surface area contributed by atoms with Crippen molar-refractivity contribution in [3.8, 4) is 0 Å². The average molecular weight is 383 g/mol. The second-order valence-corrected chi connectivity index (χ2v) is 7.70. The fraction of sp³-hybridized carbons (Fsp3) is 0.105. The van der Waals surface area contributed by atoms with Crippen LogP contribution in [0, 0.1) is 0 Å². The third-order valence-electron chi connectivity index (χ3n) is 3.56. The lowest BCUT2D eigenvalue weighted by Gasteiger charge is -2.16. The molecule has 0 unspecified atom stereocenters. The van der Waals surface area contributed by atoms with E-state index in [1.54, 1.807) is 0 Å². The molecule has 26 heavy (non-hydrogen) atoms. The molecule has 132 valence electrons. The first-order valence-corrected chi connectivity index (χ1v) is 9.88. The van der Waals surface area contributed by atoms with Crippen LogP contribution in [0.4, 0.5) is 4.79 Å². The van der Waals surface area contributed by atoms with Gasteiger partial charge in [-0.25, -0.2) is 4.79 Å². The van der Waals surface area contributed by atoms with Gasteiger partial charge in [0.25, 0.3) is 5.91 Å². The number of nitrogens with zero attached hydrogens (tertiary/aromatic N) is 1. The van der Waals surface area contributed by atoms with Gasteiger partial charge in [0.15, 0.2) is 0 Å². The molecule has 0 saturated heterocycles. The second kappa shape index (κ2) is 8.73. The highest BCUT2D eigenvalue weighted by Gasteiger charge is 2.27. The van der Waals surface area contributed by atoms with Gasteiger partial charge in [-0.2, -0.15) is 4.99 Å². The third kappa shape index (κ3) is 4.77. The molecule has 0 aliphatic carbocycles. The minimum atomic E-state index is -0.725. The summed E-state index contributed by atoms with van der Waals surface area (Å²) in [6.07, 6.45) is 0. The van der Waals surface area contributed by atoms with Crippen molar-refractivity contribution in [1.29, 1.82) is 0 Å². The van der Waals surface area contributed by atoms with Crippen molar-refractivity contribution in [2.45, 2.75) is 11.5 Å². The summed E-state index contributed by atoms with van der Waals surface area (Å²) < 4.78 is 0.754. The summed E-state index contributed by atoms with van der Waals surface area (Å²) in [5.41, 5.74) is 8.43. The molecule has 2 aromatic rings. The summed E-state index contributed by atoms with van der Waals surface area (Å²) >= 11 is 3.04. The summed E-state index contributed by atoms with van der Waals surface area (Å²) in [4.78, 5) is 27.4. The van der Waals surface area contributed by atoms with Crippen LogP contribution < -0.4 is 11.1 Å². The molecule has 0 aromatic heterocycles. The van der Waals surface area contributed by atoms with Crippen LogP contribution in [-0.2, 0) is 16.3 Å². The fourth-order valence-electron chi connectivity index (χ4n) is 2.30. The number of thioether (sulfide) groups is 2. The highest BCUT2D eigenvalue weighted by Crippen LogP contribution is 2.36. The molecule has 5 nitrogen and oxygen atoms in total. The normalized spacial score (nSPS) is 14.0. The Morgan fingerprint density at radius 2 is 1.38 bits per heavy atom. The maximum absolute atomic E-state index is 12.3. The van der Waals surface area contributed by atoms with Gasteiger partial charge < -0.3 is 5.73 Å². The molecule has 3 N–H and O–H groups in total. The van der Waals surface area contributed by atoms with E-state index in [4.69, 9.17) is 5.73 Å². The SMILES string of the molecule is NC1=NC(=O)NC(=O)C1=C(SCc1ccccc1)SCc1ccccc1. The van der Waals surface area contributed by atoms with E-state index in [9.17, 15) is 9.59 Å². The van der Waals surface area contributed by atoms with E-state index in [0.29, 0.717) is 11.5 Å². The quantitative estimate of drug-likeness (QED) is 0.744. The zero-order valence-electron chi connectivity index (χ0n) is 13.8. The van der Waals surface area contributed by atoms with Crippen LogP contribution in [0.2, 0.25) is 0 Å². The molecule has 1 aliphatic rings. The number of urea groups is 1. The van der Waals surface area contributed by atoms with Gasteiger partial charge in [0.2, 0.25) is 0 Å². The Morgan fingerprint density at radius 1 is 0.885 bits per heavy atom. The van der Waals surface area contributed by atoms with E-state index in [1.165, 1.54) is 23.5 Å². The predicted octanol–water partition coefficient (Wildman–Crippen LogP) is 3.67. The molecule has 3 amide bonds. The van der Waals surface area contributed by atoms with Crippen molar-refractivity contribution in [1.82, 2.24) is 5.32 Å². The number of nitrogens with two attached hydrogens (primary N) is 1. The van der Waals surface area contributed by atoms with Gasteiger partial charge in [0.05, 0.1) is 4.24 Å². The second-order valence-electron chi connectivity index (χ2n) is 5.47. The van der Waals surface area contributed by atoms with Crippen LogP contribution in [0.15, 0.2) is 75.5 Å². The molecule has 7 heteroatoms. The van der Waals surface area contributed by atoms with Crippen molar-refractivity contribution in [2.24, 2.45) is 10.7 Å². The van der Waals surface area contributed by atoms with Crippen molar-refractivity contribution >= 4 is 41.3 Å². The van der Waals surface area contributed by atoms with E-state index in [2.05, 4.69) is 10.3 Å². The maximum atomic E-state index is 12.3. The highest BCUT2D eigenvalue weighted by atomic mass is 32.2. The zero-order chi connectivity index (χ0) is 18.4. The number of aliphatic imine (C=N–C) groups is 1. The Balaban J connectivity index is 1.85. The number of hydrogen-bond donors (Lipinski definition) is 2. The summed E-state index contributed by atoms with van der Waals surface area (Å²) in [7, 11) is 0. The van der Waals surface area contributed by atoms with Crippen LogP contribution >= 0.6 is 23.5 Å². The number of amides is 3. The van der Waals surface area contributed by atoms with Gasteiger partial charge in [-0.3, -0.25) is 10.1 Å². The van der Waals surface area contributed by atoms with Crippen LogP contribution in [0.5, 0.6) is 0 Å². The van der Waals surface area contributed by atoms with Crippen molar-refractivity contribution in [3.63, 3.8) is 0 Å². The van der Waals surface area contributed by atoms with Crippen LogP contribution in [-0.4, -0.2) is 17.8 Å². The topological polar surface area (TPSA) is 84.5 Å². The van der Waals surface area contributed by atoms with Crippen LogP contribution in [0.25, 0.3) is 0 Å². The highest BCUT2D eigenvalue weighted by molar-refractivity contribution is 8.21. The van der Waals surface area contributed by atoms with Crippen LogP contribution in [0.1, 0.15) is 11.1 Å². The van der Waals surface area contributed by atoms with Gasteiger partial charge in [-0.1, -0.05) is 60.7 Å². The number of rotatable bonds is 6. The zero-order valence-corrected chi connectivity index (χ0v) is 15.5. The number of benzene rings is 2. The molecule has 0 saturated carbocycles. The molecule has 0 radical (unpaired) electrons. The summed E-state index contributed by atoms with van der Waals surface area (Å²) in [6, 6.07) is 19.2. The predicted molar refractivity (Wildman–Crippen MR) is 108 cm³/mol. The molecule has 2 aromatic carbocycles. The minimum Gasteiger partial charge on any atom is -0.383 e. The number of amidine groups is 1. The lowest BCUT2D eigenvalue weighted by Crippen LogP contribution is -2.40. The van der Waals surface area contributed by atoms with Crippen molar-refractivity contribution in [3.05, 3.63) is 81.6 Å². The molecule has 0 atom stereocenters. The number of nitrogens with one attached hydrogen (secondary N) is 1. The van der Waals surface area contributed by atoms with Gasteiger partial charge in [-0.15, -0.1) is 23.5 Å². The Hall–Kier alpha value is -2.51. The molecule has 1 heterocycles. The maximum Gasteiger partial charge on any atom is 0.349 e. The average Bonchev–Trinajstić information content (AvgIpc) is 2.64. The van der Waals surface area contributed by atoms with E-state index in [1.807, 2.05) is 60.7 Å². The van der Waals surface area contributed by atoms with E-state index in [0.717, 1.165) is 15.4 Å². The first-order valence-electron chi connectivity index (χ1n) is 7.91. The Morgan fingerprint density at radius 3 is 1.85 bits per heavy atom. The molecule has 1 aliphatic heterocycles. The number of imide groups is 1. The number of hydrogen-bond acceptors (Lipinski definition) is 5. The lowest BCUT2D eigenvalue weighted by atomic mass is 10.2. The van der Waals surface area contributed by atoms with E-state index in [-0.39, 0.29) is 11.4 Å². The monoisotopic (exact) mass is 383 g/mol. The van der Waals surface area contributed by atoms with E-state index >= 15 is 0 Å². The van der Waals surface area contributed by atoms with Crippen molar-refractivity contribution < 1.29 is 9.59 Å². The van der Waals surface area contributed by atoms with Gasteiger partial charge in [0.1, 0.15) is 11.4 Å². The van der Waals surface area contributed by atoms with Gasteiger partial charge >= 0.3 is 6.03 Å².